The van der Waals surface area contributed by atoms with Gasteiger partial charge in [0.15, 0.2) is 0 Å². The molecule has 3 nitrogen and oxygen atoms in total. The molecule has 1 aromatic carbocycles. The summed E-state index contributed by atoms with van der Waals surface area (Å²) in [6.45, 7) is 1.97. The van der Waals surface area contributed by atoms with Gasteiger partial charge < -0.3 is 5.11 Å². The molecule has 0 bridgehead atoms. The minimum Gasteiger partial charge on any atom is -0.382 e. The van der Waals surface area contributed by atoms with Gasteiger partial charge in [-0.15, -0.1) is 0 Å². The van der Waals surface area contributed by atoms with E-state index in [1.54, 1.807) is 6.20 Å². The summed E-state index contributed by atoms with van der Waals surface area (Å²) in [5.74, 6) is 0. The van der Waals surface area contributed by atoms with Crippen molar-refractivity contribution >= 4 is 26.8 Å². The summed E-state index contributed by atoms with van der Waals surface area (Å²) < 4.78 is 0.801. The van der Waals surface area contributed by atoms with Gasteiger partial charge in [0.25, 0.3) is 0 Å². The Bertz CT molecular complexity index is 773. The second kappa shape index (κ2) is 5.31. The first-order valence-electron chi connectivity index (χ1n) is 6.31. The summed E-state index contributed by atoms with van der Waals surface area (Å²) in [7, 11) is 0. The van der Waals surface area contributed by atoms with Crippen molar-refractivity contribution < 1.29 is 5.11 Å². The van der Waals surface area contributed by atoms with Crippen LogP contribution >= 0.6 is 15.9 Å². The van der Waals surface area contributed by atoms with Crippen molar-refractivity contribution in [2.75, 3.05) is 0 Å². The fourth-order valence-electron chi connectivity index (χ4n) is 2.17. The Hall–Kier alpha value is -1.78. The first-order chi connectivity index (χ1) is 9.65. The highest BCUT2D eigenvalue weighted by Gasteiger charge is 2.15. The quantitative estimate of drug-likeness (QED) is 0.778. The van der Waals surface area contributed by atoms with Crippen molar-refractivity contribution in [3.63, 3.8) is 0 Å². The number of nitrogens with zero attached hydrogens (tertiary/aromatic N) is 2. The number of hydrogen-bond acceptors (Lipinski definition) is 3. The third-order valence-corrected chi connectivity index (χ3v) is 3.88. The molecule has 0 aliphatic carbocycles. The van der Waals surface area contributed by atoms with Crippen LogP contribution in [0.25, 0.3) is 10.9 Å². The monoisotopic (exact) mass is 328 g/mol. The molecule has 0 radical (unpaired) electrons. The predicted molar refractivity (Wildman–Crippen MR) is 82.5 cm³/mol. The highest BCUT2D eigenvalue weighted by atomic mass is 79.9. The van der Waals surface area contributed by atoms with E-state index in [4.69, 9.17) is 0 Å². The molecule has 1 atom stereocenters. The Balaban J connectivity index is 2.06. The van der Waals surface area contributed by atoms with Gasteiger partial charge in [-0.1, -0.05) is 12.1 Å². The normalized spacial score (nSPS) is 12.6. The summed E-state index contributed by atoms with van der Waals surface area (Å²) in [6, 6.07) is 13.5. The van der Waals surface area contributed by atoms with E-state index in [2.05, 4.69) is 25.9 Å². The fraction of sp³-hybridized carbons (Fsp3) is 0.125. The number of aromatic nitrogens is 2. The zero-order valence-electron chi connectivity index (χ0n) is 10.9. The number of halogens is 1. The van der Waals surface area contributed by atoms with Crippen LogP contribution in [0.2, 0.25) is 0 Å². The standard InChI is InChI=1S/C16H13BrN2O/c1-10-4-5-11-9-12(6-7-14(11)19-10)16(20)15-13(17)3-2-8-18-15/h2-9,16,20H,1H3. The highest BCUT2D eigenvalue weighted by Crippen LogP contribution is 2.28. The number of fused-ring (bicyclic) bond motifs is 1. The van der Waals surface area contributed by atoms with Crippen molar-refractivity contribution in [1.82, 2.24) is 9.97 Å². The van der Waals surface area contributed by atoms with Gasteiger partial charge in [0.2, 0.25) is 0 Å². The number of aliphatic hydroxyl groups excluding tert-OH is 1. The molecular formula is C16H13BrN2O. The van der Waals surface area contributed by atoms with Gasteiger partial charge in [0.1, 0.15) is 6.10 Å². The molecule has 0 amide bonds. The van der Waals surface area contributed by atoms with Crippen LogP contribution in [0.3, 0.4) is 0 Å². The Morgan fingerprint density at radius 1 is 1.15 bits per heavy atom. The smallest absolute Gasteiger partial charge is 0.122 e. The van der Waals surface area contributed by atoms with Crippen LogP contribution in [0.4, 0.5) is 0 Å². The summed E-state index contributed by atoms with van der Waals surface area (Å²) >= 11 is 3.42. The van der Waals surface area contributed by atoms with Gasteiger partial charge in [-0.05, 0) is 58.7 Å². The second-order valence-corrected chi connectivity index (χ2v) is 5.53. The van der Waals surface area contributed by atoms with Crippen molar-refractivity contribution in [2.45, 2.75) is 13.0 Å². The summed E-state index contributed by atoms with van der Waals surface area (Å²) in [5.41, 5.74) is 3.34. The Kier molecular flexibility index (Phi) is 3.51. The van der Waals surface area contributed by atoms with E-state index in [-0.39, 0.29) is 0 Å². The van der Waals surface area contributed by atoms with E-state index in [9.17, 15) is 5.11 Å². The third-order valence-electron chi connectivity index (χ3n) is 3.21. The summed E-state index contributed by atoms with van der Waals surface area (Å²) in [5, 5.41) is 11.5. The van der Waals surface area contributed by atoms with Crippen LogP contribution < -0.4 is 0 Å². The van der Waals surface area contributed by atoms with Gasteiger partial charge in [-0.2, -0.15) is 0 Å². The SMILES string of the molecule is Cc1ccc2cc(C(O)c3ncccc3Br)ccc2n1. The zero-order chi connectivity index (χ0) is 14.1. The molecule has 20 heavy (non-hydrogen) atoms. The topological polar surface area (TPSA) is 46.0 Å². The van der Waals surface area contributed by atoms with Gasteiger partial charge in [-0.25, -0.2) is 0 Å². The lowest BCUT2D eigenvalue weighted by Crippen LogP contribution is -2.03. The van der Waals surface area contributed by atoms with E-state index in [0.29, 0.717) is 5.69 Å². The zero-order valence-corrected chi connectivity index (χ0v) is 12.5. The molecule has 1 unspecified atom stereocenters. The Morgan fingerprint density at radius 2 is 2.00 bits per heavy atom. The molecular weight excluding hydrogens is 316 g/mol. The van der Waals surface area contributed by atoms with Crippen molar-refractivity contribution in [3.8, 4) is 0 Å². The predicted octanol–water partition coefficient (Wildman–Crippen LogP) is 3.78. The molecule has 100 valence electrons. The minimum atomic E-state index is -0.753. The van der Waals surface area contributed by atoms with Gasteiger partial charge >= 0.3 is 0 Å². The van der Waals surface area contributed by atoms with Gasteiger partial charge in [-0.3, -0.25) is 9.97 Å². The Morgan fingerprint density at radius 3 is 2.80 bits per heavy atom. The minimum absolute atomic E-state index is 0.618. The largest absolute Gasteiger partial charge is 0.382 e. The van der Waals surface area contributed by atoms with E-state index in [1.165, 1.54) is 0 Å². The van der Waals surface area contributed by atoms with E-state index >= 15 is 0 Å². The molecule has 0 saturated heterocycles. The first kappa shape index (κ1) is 13.2. The van der Waals surface area contributed by atoms with Crippen molar-refractivity contribution in [2.24, 2.45) is 0 Å². The molecule has 1 N–H and O–H groups in total. The molecule has 0 aliphatic heterocycles. The maximum Gasteiger partial charge on any atom is 0.122 e. The number of pyridine rings is 2. The van der Waals surface area contributed by atoms with Gasteiger partial charge in [0, 0.05) is 21.7 Å². The maximum atomic E-state index is 10.5. The average Bonchev–Trinajstić information content (AvgIpc) is 2.46. The number of aliphatic hydroxyl groups is 1. The molecule has 2 heterocycles. The summed E-state index contributed by atoms with van der Waals surface area (Å²) in [4.78, 5) is 8.70. The molecule has 0 saturated carbocycles. The molecule has 0 fully saturated rings. The van der Waals surface area contributed by atoms with E-state index in [1.807, 2.05) is 49.4 Å². The first-order valence-corrected chi connectivity index (χ1v) is 7.10. The molecule has 0 aliphatic rings. The molecule has 3 aromatic rings. The average molecular weight is 329 g/mol. The third kappa shape index (κ3) is 2.44. The number of rotatable bonds is 2. The Labute approximate surface area is 125 Å². The van der Waals surface area contributed by atoms with Crippen LogP contribution in [-0.2, 0) is 0 Å². The number of hydrogen-bond donors (Lipinski definition) is 1. The van der Waals surface area contributed by atoms with Crippen LogP contribution in [-0.4, -0.2) is 15.1 Å². The molecule has 4 heteroatoms. The fourth-order valence-corrected chi connectivity index (χ4v) is 2.64. The summed E-state index contributed by atoms with van der Waals surface area (Å²) in [6.07, 6.45) is 0.922. The van der Waals surface area contributed by atoms with Crippen LogP contribution in [0.5, 0.6) is 0 Å². The lowest BCUT2D eigenvalue weighted by Gasteiger charge is -2.12. The van der Waals surface area contributed by atoms with Crippen molar-refractivity contribution in [1.29, 1.82) is 0 Å². The number of aryl methyl sites for hydroxylation is 1. The molecule has 0 spiro atoms. The van der Waals surface area contributed by atoms with Gasteiger partial charge in [0.05, 0.1) is 11.2 Å². The molecule has 3 rings (SSSR count). The van der Waals surface area contributed by atoms with Crippen LogP contribution in [0.15, 0.2) is 53.1 Å². The molecule has 2 aromatic heterocycles. The van der Waals surface area contributed by atoms with Crippen LogP contribution in [0.1, 0.15) is 23.1 Å². The van der Waals surface area contributed by atoms with Crippen molar-refractivity contribution in [3.05, 3.63) is 70.1 Å². The second-order valence-electron chi connectivity index (χ2n) is 4.68. The highest BCUT2D eigenvalue weighted by molar-refractivity contribution is 9.10. The number of benzene rings is 1. The maximum absolute atomic E-state index is 10.5. The lowest BCUT2D eigenvalue weighted by molar-refractivity contribution is 0.214. The van der Waals surface area contributed by atoms with E-state index in [0.717, 1.165) is 26.6 Å². The van der Waals surface area contributed by atoms with Crippen LogP contribution in [0, 0.1) is 6.92 Å². The lowest BCUT2D eigenvalue weighted by atomic mass is 10.0. The van der Waals surface area contributed by atoms with E-state index < -0.39 is 6.10 Å².